The quantitative estimate of drug-likeness (QED) is 0.881. The molecule has 1 N–H and O–H groups in total. The number of rotatable bonds is 6. The number of benzene rings is 2. The van der Waals surface area contributed by atoms with Crippen LogP contribution in [-0.4, -0.2) is 13.0 Å². The first kappa shape index (κ1) is 15.1. The lowest BCUT2D eigenvalue weighted by molar-refractivity contribution is -0.121. The van der Waals surface area contributed by atoms with E-state index in [4.69, 9.17) is 4.74 Å². The average molecular weight is 283 g/mol. The van der Waals surface area contributed by atoms with Gasteiger partial charge in [-0.05, 0) is 29.7 Å². The predicted molar refractivity (Wildman–Crippen MR) is 84.3 cm³/mol. The smallest absolute Gasteiger partial charge is 0.224 e. The van der Waals surface area contributed by atoms with Crippen LogP contribution in [0.2, 0.25) is 0 Å². The summed E-state index contributed by atoms with van der Waals surface area (Å²) in [5, 5.41) is 3.09. The van der Waals surface area contributed by atoms with Crippen LogP contribution in [0.1, 0.15) is 30.5 Å². The molecular weight excluding hydrogens is 262 g/mol. The lowest BCUT2D eigenvalue weighted by Gasteiger charge is -2.17. The zero-order valence-corrected chi connectivity index (χ0v) is 12.5. The van der Waals surface area contributed by atoms with E-state index in [1.807, 2.05) is 54.6 Å². The number of nitrogens with one attached hydrogen (secondary N) is 1. The molecule has 0 radical (unpaired) electrons. The molecule has 0 fully saturated rings. The molecule has 3 heteroatoms. The van der Waals surface area contributed by atoms with E-state index in [9.17, 15) is 4.79 Å². The number of amides is 1. The lowest BCUT2D eigenvalue weighted by atomic mass is 10.0. The Morgan fingerprint density at radius 3 is 2.33 bits per heavy atom. The summed E-state index contributed by atoms with van der Waals surface area (Å²) in [6.07, 6.45) is 1.26. The maximum absolute atomic E-state index is 12.2. The van der Waals surface area contributed by atoms with Gasteiger partial charge in [-0.15, -0.1) is 0 Å². The molecule has 21 heavy (non-hydrogen) atoms. The van der Waals surface area contributed by atoms with Crippen molar-refractivity contribution in [2.45, 2.75) is 25.8 Å². The van der Waals surface area contributed by atoms with Gasteiger partial charge in [-0.3, -0.25) is 4.79 Å². The van der Waals surface area contributed by atoms with E-state index in [-0.39, 0.29) is 11.9 Å². The molecule has 110 valence electrons. The van der Waals surface area contributed by atoms with Gasteiger partial charge in [-0.25, -0.2) is 0 Å². The molecule has 0 heterocycles. The van der Waals surface area contributed by atoms with Gasteiger partial charge >= 0.3 is 0 Å². The monoisotopic (exact) mass is 283 g/mol. The maximum atomic E-state index is 12.2. The Kier molecular flexibility index (Phi) is 5.38. The van der Waals surface area contributed by atoms with Gasteiger partial charge in [0.1, 0.15) is 5.75 Å². The van der Waals surface area contributed by atoms with Crippen molar-refractivity contribution in [2.75, 3.05) is 7.11 Å². The summed E-state index contributed by atoms with van der Waals surface area (Å²) in [6, 6.07) is 17.7. The number of carbonyl (C=O) groups excluding carboxylic acids is 1. The SMILES string of the molecule is CC[C@H](NC(=O)Cc1ccc(OC)cc1)c1ccccc1. The second kappa shape index (κ2) is 7.48. The largest absolute Gasteiger partial charge is 0.497 e. The Hall–Kier alpha value is -2.29. The fraction of sp³-hybridized carbons (Fsp3) is 0.278. The van der Waals surface area contributed by atoms with Crippen LogP contribution in [0.5, 0.6) is 5.75 Å². The highest BCUT2D eigenvalue weighted by Crippen LogP contribution is 2.16. The van der Waals surface area contributed by atoms with Gasteiger partial charge in [0.05, 0.1) is 19.6 Å². The number of methoxy groups -OCH3 is 1. The molecule has 0 unspecified atom stereocenters. The van der Waals surface area contributed by atoms with Crippen LogP contribution in [0, 0.1) is 0 Å². The van der Waals surface area contributed by atoms with E-state index >= 15 is 0 Å². The van der Waals surface area contributed by atoms with E-state index in [1.54, 1.807) is 7.11 Å². The summed E-state index contributed by atoms with van der Waals surface area (Å²) in [7, 11) is 1.63. The third-order valence-corrected chi connectivity index (χ3v) is 3.47. The van der Waals surface area contributed by atoms with Crippen molar-refractivity contribution in [3.8, 4) is 5.75 Å². The fourth-order valence-corrected chi connectivity index (χ4v) is 2.28. The lowest BCUT2D eigenvalue weighted by Crippen LogP contribution is -2.29. The zero-order valence-electron chi connectivity index (χ0n) is 12.5. The second-order valence-corrected chi connectivity index (χ2v) is 4.96. The van der Waals surface area contributed by atoms with Crippen LogP contribution in [-0.2, 0) is 11.2 Å². The van der Waals surface area contributed by atoms with Gasteiger partial charge in [-0.1, -0.05) is 49.4 Å². The molecule has 2 rings (SSSR count). The summed E-state index contributed by atoms with van der Waals surface area (Å²) in [4.78, 5) is 12.2. The predicted octanol–water partition coefficient (Wildman–Crippen LogP) is 3.51. The molecule has 0 bridgehead atoms. The van der Waals surface area contributed by atoms with Gasteiger partial charge < -0.3 is 10.1 Å². The molecule has 0 saturated carbocycles. The summed E-state index contributed by atoms with van der Waals surface area (Å²) >= 11 is 0. The van der Waals surface area contributed by atoms with Crippen molar-refractivity contribution in [1.82, 2.24) is 5.32 Å². The van der Waals surface area contributed by atoms with Crippen molar-refractivity contribution >= 4 is 5.91 Å². The number of carbonyl (C=O) groups is 1. The highest BCUT2D eigenvalue weighted by molar-refractivity contribution is 5.79. The first-order chi connectivity index (χ1) is 10.2. The van der Waals surface area contributed by atoms with Crippen LogP contribution in [0.15, 0.2) is 54.6 Å². The van der Waals surface area contributed by atoms with E-state index in [1.165, 1.54) is 0 Å². The molecule has 0 aromatic heterocycles. The van der Waals surface area contributed by atoms with E-state index < -0.39 is 0 Å². The van der Waals surface area contributed by atoms with Crippen molar-refractivity contribution in [3.05, 3.63) is 65.7 Å². The Balaban J connectivity index is 1.96. The highest BCUT2D eigenvalue weighted by atomic mass is 16.5. The van der Waals surface area contributed by atoms with Gasteiger partial charge in [0, 0.05) is 0 Å². The summed E-state index contributed by atoms with van der Waals surface area (Å²) in [5.41, 5.74) is 2.12. The number of hydrogen-bond acceptors (Lipinski definition) is 2. The van der Waals surface area contributed by atoms with Gasteiger partial charge in [0.2, 0.25) is 5.91 Å². The van der Waals surface area contributed by atoms with Crippen molar-refractivity contribution in [3.63, 3.8) is 0 Å². The molecule has 3 nitrogen and oxygen atoms in total. The minimum atomic E-state index is 0.0378. The van der Waals surface area contributed by atoms with Crippen molar-refractivity contribution in [1.29, 1.82) is 0 Å². The second-order valence-electron chi connectivity index (χ2n) is 4.96. The number of hydrogen-bond donors (Lipinski definition) is 1. The Bertz CT molecular complexity index is 564. The summed E-state index contributed by atoms with van der Waals surface area (Å²) < 4.78 is 5.11. The molecule has 0 aliphatic carbocycles. The molecule has 0 aliphatic rings. The van der Waals surface area contributed by atoms with E-state index in [0.717, 1.165) is 23.3 Å². The van der Waals surface area contributed by atoms with Crippen molar-refractivity contribution in [2.24, 2.45) is 0 Å². The first-order valence-electron chi connectivity index (χ1n) is 7.20. The third kappa shape index (κ3) is 4.35. The third-order valence-electron chi connectivity index (χ3n) is 3.47. The zero-order chi connectivity index (χ0) is 15.1. The van der Waals surface area contributed by atoms with Crippen LogP contribution < -0.4 is 10.1 Å². The minimum Gasteiger partial charge on any atom is -0.497 e. The molecule has 1 amide bonds. The first-order valence-corrected chi connectivity index (χ1v) is 7.20. The van der Waals surface area contributed by atoms with E-state index in [2.05, 4.69) is 12.2 Å². The van der Waals surface area contributed by atoms with Crippen LogP contribution in [0.25, 0.3) is 0 Å². The number of ether oxygens (including phenoxy) is 1. The van der Waals surface area contributed by atoms with Crippen LogP contribution in [0.3, 0.4) is 0 Å². The van der Waals surface area contributed by atoms with Gasteiger partial charge in [0.25, 0.3) is 0 Å². The molecule has 1 atom stereocenters. The normalized spacial score (nSPS) is 11.7. The van der Waals surface area contributed by atoms with E-state index in [0.29, 0.717) is 6.42 Å². The van der Waals surface area contributed by atoms with Gasteiger partial charge in [0.15, 0.2) is 0 Å². The molecule has 2 aromatic carbocycles. The molecular formula is C18H21NO2. The molecule has 2 aromatic rings. The fourth-order valence-electron chi connectivity index (χ4n) is 2.28. The molecule has 0 spiro atoms. The Labute approximate surface area is 126 Å². The van der Waals surface area contributed by atoms with Crippen LogP contribution in [0.4, 0.5) is 0 Å². The van der Waals surface area contributed by atoms with Gasteiger partial charge in [-0.2, -0.15) is 0 Å². The average Bonchev–Trinajstić information content (AvgIpc) is 2.54. The summed E-state index contributed by atoms with van der Waals surface area (Å²) in [5.74, 6) is 0.839. The maximum Gasteiger partial charge on any atom is 0.224 e. The highest BCUT2D eigenvalue weighted by Gasteiger charge is 2.12. The van der Waals surface area contributed by atoms with Crippen LogP contribution >= 0.6 is 0 Å². The molecule has 0 aliphatic heterocycles. The molecule has 0 saturated heterocycles. The van der Waals surface area contributed by atoms with Crippen molar-refractivity contribution < 1.29 is 9.53 Å². The standard InChI is InChI=1S/C18H21NO2/c1-3-17(15-7-5-4-6-8-15)19-18(20)13-14-9-11-16(21-2)12-10-14/h4-12,17H,3,13H2,1-2H3,(H,19,20)/t17-/m0/s1. The Morgan fingerprint density at radius 1 is 1.10 bits per heavy atom. The topological polar surface area (TPSA) is 38.3 Å². The minimum absolute atomic E-state index is 0.0378. The summed E-state index contributed by atoms with van der Waals surface area (Å²) in [6.45, 7) is 2.07. The Morgan fingerprint density at radius 2 is 1.76 bits per heavy atom.